The van der Waals surface area contributed by atoms with Gasteiger partial charge in [0.25, 0.3) is 0 Å². The molecular formula is C31H43N5O8. The molecule has 44 heavy (non-hydrogen) atoms. The highest BCUT2D eigenvalue weighted by molar-refractivity contribution is 6.00. The molecule has 4 atom stereocenters. The highest BCUT2D eigenvalue weighted by Gasteiger charge is 2.38. The number of fused-ring (bicyclic) bond motifs is 1. The summed E-state index contributed by atoms with van der Waals surface area (Å²) in [6.07, 6.45) is 0.201. The van der Waals surface area contributed by atoms with Crippen molar-refractivity contribution in [2.75, 3.05) is 11.9 Å². The number of nitrogens with one attached hydrogen (secondary N) is 4. The number of hydrogen-bond acceptors (Lipinski definition) is 8. The number of amides is 5. The Labute approximate surface area is 256 Å². The van der Waals surface area contributed by atoms with Gasteiger partial charge < -0.3 is 35.3 Å². The van der Waals surface area contributed by atoms with Crippen LogP contribution < -0.4 is 26.9 Å². The van der Waals surface area contributed by atoms with Crippen LogP contribution in [0.5, 0.6) is 0 Å². The van der Waals surface area contributed by atoms with E-state index in [0.29, 0.717) is 30.7 Å². The van der Waals surface area contributed by atoms with Crippen molar-refractivity contribution in [1.29, 1.82) is 0 Å². The van der Waals surface area contributed by atoms with E-state index in [1.807, 2.05) is 0 Å². The summed E-state index contributed by atoms with van der Waals surface area (Å²) in [5.74, 6) is -2.29. The monoisotopic (exact) mass is 613 g/mol. The first-order chi connectivity index (χ1) is 20.5. The maximum atomic E-state index is 13.4. The van der Waals surface area contributed by atoms with Gasteiger partial charge in [-0.05, 0) is 78.0 Å². The molecule has 1 aliphatic heterocycles. The molecule has 0 aliphatic carbocycles. The van der Waals surface area contributed by atoms with Crippen molar-refractivity contribution in [1.82, 2.24) is 20.9 Å². The standard InChI is InChI=1S/C31H43N5O8/c1-16(2)25(28(40)34-20-11-12-21-17(3)14-24(37)43-23(21)15-20)35-27(39)22-10-9-13-36(22)29(41)19(5)32-26(38)18(4)33-30(42)44-31(6,7)8/h11-12,14-16,18-19,22,25H,9-10,13H2,1-8H3,(H,32,38)(H,33,42)(H,34,40)(H,35,39)/t18-,19-,22-,25-/m0/s1. The lowest BCUT2D eigenvalue weighted by atomic mass is 10.0. The summed E-state index contributed by atoms with van der Waals surface area (Å²) in [7, 11) is 0. The number of rotatable bonds is 9. The fourth-order valence-corrected chi connectivity index (χ4v) is 4.91. The Kier molecular flexibility index (Phi) is 10.8. The van der Waals surface area contributed by atoms with Gasteiger partial charge in [0, 0.05) is 29.8 Å². The van der Waals surface area contributed by atoms with Gasteiger partial charge in [-0.2, -0.15) is 0 Å². The molecule has 0 spiro atoms. The van der Waals surface area contributed by atoms with Gasteiger partial charge in [0.05, 0.1) is 0 Å². The number of likely N-dealkylation sites (tertiary alicyclic amines) is 1. The summed E-state index contributed by atoms with van der Waals surface area (Å²) in [5.41, 5.74) is 0.238. The van der Waals surface area contributed by atoms with Crippen molar-refractivity contribution >= 4 is 46.4 Å². The molecule has 13 heteroatoms. The minimum Gasteiger partial charge on any atom is -0.444 e. The average molecular weight is 614 g/mol. The van der Waals surface area contributed by atoms with Crippen LogP contribution in [-0.4, -0.2) is 70.9 Å². The first-order valence-corrected chi connectivity index (χ1v) is 14.7. The van der Waals surface area contributed by atoms with Crippen molar-refractivity contribution in [2.24, 2.45) is 5.92 Å². The smallest absolute Gasteiger partial charge is 0.408 e. The first-order valence-electron chi connectivity index (χ1n) is 14.7. The van der Waals surface area contributed by atoms with E-state index < -0.39 is 65.1 Å². The molecular weight excluding hydrogens is 570 g/mol. The van der Waals surface area contributed by atoms with E-state index in [2.05, 4.69) is 21.3 Å². The second kappa shape index (κ2) is 13.9. The maximum Gasteiger partial charge on any atom is 0.408 e. The number of alkyl carbamates (subject to hydrolysis) is 1. The van der Waals surface area contributed by atoms with Crippen molar-refractivity contribution in [3.05, 3.63) is 40.2 Å². The summed E-state index contributed by atoms with van der Waals surface area (Å²) >= 11 is 0. The molecule has 1 aliphatic rings. The van der Waals surface area contributed by atoms with E-state index in [9.17, 15) is 28.8 Å². The van der Waals surface area contributed by atoms with Gasteiger partial charge in [0.1, 0.15) is 35.4 Å². The van der Waals surface area contributed by atoms with E-state index in [1.165, 1.54) is 24.8 Å². The molecule has 3 rings (SSSR count). The van der Waals surface area contributed by atoms with E-state index in [-0.39, 0.29) is 5.92 Å². The SMILES string of the molecule is Cc1cc(=O)oc2cc(NC(=O)[C@@H](NC(=O)[C@@H]3CCCN3C(=O)[C@H](C)NC(=O)[C@H](C)NC(=O)OC(C)(C)C)C(C)C)ccc12. The van der Waals surface area contributed by atoms with Gasteiger partial charge in [-0.25, -0.2) is 9.59 Å². The maximum absolute atomic E-state index is 13.4. The third kappa shape index (κ3) is 8.80. The Morgan fingerprint density at radius 2 is 1.64 bits per heavy atom. The van der Waals surface area contributed by atoms with Crippen LogP contribution in [0.15, 0.2) is 33.5 Å². The second-order valence-electron chi connectivity index (χ2n) is 12.5. The zero-order valence-electron chi connectivity index (χ0n) is 26.5. The molecule has 0 saturated carbocycles. The van der Waals surface area contributed by atoms with E-state index in [4.69, 9.17) is 9.15 Å². The Morgan fingerprint density at radius 1 is 0.955 bits per heavy atom. The number of anilines is 1. The fourth-order valence-electron chi connectivity index (χ4n) is 4.91. The van der Waals surface area contributed by atoms with Crippen LogP contribution in [0.3, 0.4) is 0 Å². The summed E-state index contributed by atoms with van der Waals surface area (Å²) in [5, 5.41) is 11.3. The molecule has 13 nitrogen and oxygen atoms in total. The zero-order chi connectivity index (χ0) is 32.9. The quantitative estimate of drug-likeness (QED) is 0.312. The summed E-state index contributed by atoms with van der Waals surface area (Å²) in [6.45, 7) is 13.7. The van der Waals surface area contributed by atoms with E-state index in [0.717, 1.165) is 10.9 Å². The van der Waals surface area contributed by atoms with Gasteiger partial charge in [0.15, 0.2) is 0 Å². The lowest BCUT2D eigenvalue weighted by Crippen LogP contribution is -2.57. The third-order valence-electron chi connectivity index (χ3n) is 7.16. The number of carbonyl (C=O) groups is 5. The molecule has 0 bridgehead atoms. The number of nitrogens with zero attached hydrogens (tertiary/aromatic N) is 1. The molecule has 2 heterocycles. The highest BCUT2D eigenvalue weighted by atomic mass is 16.6. The van der Waals surface area contributed by atoms with Gasteiger partial charge in [-0.3, -0.25) is 19.2 Å². The zero-order valence-corrected chi connectivity index (χ0v) is 26.5. The molecule has 1 aromatic heterocycles. The van der Waals surface area contributed by atoms with Gasteiger partial charge in [0.2, 0.25) is 23.6 Å². The number of aryl methyl sites for hydroxylation is 1. The molecule has 1 aromatic carbocycles. The fraction of sp³-hybridized carbons (Fsp3) is 0.548. The van der Waals surface area contributed by atoms with Crippen molar-refractivity contribution in [3.8, 4) is 0 Å². The Bertz CT molecular complexity index is 1480. The number of hydrogen-bond donors (Lipinski definition) is 4. The van der Waals surface area contributed by atoms with Crippen LogP contribution in [0.1, 0.15) is 66.9 Å². The molecule has 5 amide bonds. The van der Waals surface area contributed by atoms with Crippen molar-refractivity contribution < 1.29 is 33.1 Å². The van der Waals surface area contributed by atoms with Crippen LogP contribution >= 0.6 is 0 Å². The third-order valence-corrected chi connectivity index (χ3v) is 7.16. The lowest BCUT2D eigenvalue weighted by molar-refractivity contribution is -0.141. The predicted octanol–water partition coefficient (Wildman–Crippen LogP) is 2.59. The number of ether oxygens (including phenoxy) is 1. The highest BCUT2D eigenvalue weighted by Crippen LogP contribution is 2.22. The largest absolute Gasteiger partial charge is 0.444 e. The van der Waals surface area contributed by atoms with Crippen molar-refractivity contribution in [2.45, 2.75) is 98.0 Å². The number of benzene rings is 1. The summed E-state index contributed by atoms with van der Waals surface area (Å²) < 4.78 is 10.4. The van der Waals surface area contributed by atoms with Crippen LogP contribution in [0, 0.1) is 12.8 Å². The molecule has 1 fully saturated rings. The summed E-state index contributed by atoms with van der Waals surface area (Å²) in [6, 6.07) is 2.68. The van der Waals surface area contributed by atoms with Gasteiger partial charge in [-0.15, -0.1) is 0 Å². The minimum atomic E-state index is -0.973. The topological polar surface area (TPSA) is 176 Å². The average Bonchev–Trinajstić information content (AvgIpc) is 3.39. The lowest BCUT2D eigenvalue weighted by Gasteiger charge is -2.30. The van der Waals surface area contributed by atoms with Crippen LogP contribution in [0.25, 0.3) is 11.0 Å². The van der Waals surface area contributed by atoms with Crippen LogP contribution in [-0.2, 0) is 23.9 Å². The molecule has 1 saturated heterocycles. The van der Waals surface area contributed by atoms with E-state index in [1.54, 1.807) is 59.7 Å². The molecule has 240 valence electrons. The Balaban J connectivity index is 1.63. The van der Waals surface area contributed by atoms with Crippen LogP contribution in [0.4, 0.5) is 10.5 Å². The molecule has 2 aromatic rings. The number of carbonyl (C=O) groups excluding carboxylic acids is 5. The normalized spacial score (nSPS) is 17.0. The second-order valence-corrected chi connectivity index (χ2v) is 12.5. The van der Waals surface area contributed by atoms with E-state index >= 15 is 0 Å². The molecule has 0 radical (unpaired) electrons. The van der Waals surface area contributed by atoms with Crippen LogP contribution in [0.2, 0.25) is 0 Å². The summed E-state index contributed by atoms with van der Waals surface area (Å²) in [4.78, 5) is 77.8. The Hall–Kier alpha value is -4.42. The molecule has 0 unspecified atom stereocenters. The van der Waals surface area contributed by atoms with Crippen molar-refractivity contribution in [3.63, 3.8) is 0 Å². The minimum absolute atomic E-state index is 0.290. The van der Waals surface area contributed by atoms with Gasteiger partial charge >= 0.3 is 11.7 Å². The van der Waals surface area contributed by atoms with Gasteiger partial charge in [-0.1, -0.05) is 13.8 Å². The predicted molar refractivity (Wildman–Crippen MR) is 164 cm³/mol. The Morgan fingerprint density at radius 3 is 2.27 bits per heavy atom. The molecule has 4 N–H and O–H groups in total. The first kappa shape index (κ1) is 34.1.